The molecule has 0 aliphatic heterocycles. The van der Waals surface area contributed by atoms with Gasteiger partial charge in [-0.25, -0.2) is 4.79 Å². The standard InChI is InChI=1S/C42H78N2O2/c1-6-8-10-12-14-16-18-20-22-23-25-27-29-31-33-35-38-41(46-42(45)44(5)40-36-39-43(3)4)37-34-32-30-28-26-24-21-19-17-15-13-11-9-7-2/h11,13-14,16-17,19-20,22,41H,6-10,12,15,18,21,23-40H2,1-5H3/b13-11-,16-14-,19-17-,22-20-. The van der Waals surface area contributed by atoms with E-state index in [1.807, 2.05) is 7.05 Å². The summed E-state index contributed by atoms with van der Waals surface area (Å²) < 4.78 is 6.06. The van der Waals surface area contributed by atoms with Crippen LogP contribution in [0, 0.1) is 0 Å². The summed E-state index contributed by atoms with van der Waals surface area (Å²) in [7, 11) is 6.03. The van der Waals surface area contributed by atoms with Crippen LogP contribution in [0.2, 0.25) is 0 Å². The molecule has 0 rings (SSSR count). The molecule has 0 saturated carbocycles. The van der Waals surface area contributed by atoms with Crippen molar-refractivity contribution in [3.05, 3.63) is 48.6 Å². The highest BCUT2D eigenvalue weighted by Gasteiger charge is 2.17. The van der Waals surface area contributed by atoms with Gasteiger partial charge in [0.25, 0.3) is 0 Å². The first-order valence-electron chi connectivity index (χ1n) is 19.7. The Bertz CT molecular complexity index is 755. The lowest BCUT2D eigenvalue weighted by atomic mass is 10.0. The number of rotatable bonds is 33. The highest BCUT2D eigenvalue weighted by Crippen LogP contribution is 2.18. The molecule has 1 amide bonds. The number of hydrogen-bond acceptors (Lipinski definition) is 3. The Kier molecular flexibility index (Phi) is 34.6. The first kappa shape index (κ1) is 44.2. The van der Waals surface area contributed by atoms with Crippen molar-refractivity contribution in [3.8, 4) is 0 Å². The molecule has 1 unspecified atom stereocenters. The van der Waals surface area contributed by atoms with Gasteiger partial charge in [0.1, 0.15) is 6.10 Å². The van der Waals surface area contributed by atoms with Crippen molar-refractivity contribution in [3.63, 3.8) is 0 Å². The van der Waals surface area contributed by atoms with Crippen molar-refractivity contribution in [1.82, 2.24) is 9.80 Å². The third kappa shape index (κ3) is 33.6. The first-order valence-corrected chi connectivity index (χ1v) is 19.7. The second kappa shape index (κ2) is 36.0. The van der Waals surface area contributed by atoms with Crippen LogP contribution < -0.4 is 0 Å². The monoisotopic (exact) mass is 643 g/mol. The molecular weight excluding hydrogens is 564 g/mol. The Labute approximate surface area is 288 Å². The number of allylic oxidation sites excluding steroid dienone is 8. The van der Waals surface area contributed by atoms with Crippen LogP contribution in [0.4, 0.5) is 4.79 Å². The summed E-state index contributed by atoms with van der Waals surface area (Å²) >= 11 is 0. The minimum atomic E-state index is -0.141. The van der Waals surface area contributed by atoms with Crippen LogP contribution in [0.1, 0.15) is 174 Å². The summed E-state index contributed by atoms with van der Waals surface area (Å²) in [4.78, 5) is 16.8. The van der Waals surface area contributed by atoms with E-state index in [0.29, 0.717) is 0 Å². The summed E-state index contributed by atoms with van der Waals surface area (Å²) in [5.74, 6) is 0. The molecule has 0 spiro atoms. The number of nitrogens with zero attached hydrogens (tertiary/aromatic N) is 2. The normalized spacial score (nSPS) is 12.9. The molecule has 268 valence electrons. The zero-order valence-corrected chi connectivity index (χ0v) is 31.5. The highest BCUT2D eigenvalue weighted by molar-refractivity contribution is 5.67. The number of amides is 1. The maximum atomic E-state index is 12.8. The van der Waals surface area contributed by atoms with E-state index in [1.54, 1.807) is 4.90 Å². The zero-order valence-electron chi connectivity index (χ0n) is 31.5. The van der Waals surface area contributed by atoms with Crippen LogP contribution in [0.25, 0.3) is 0 Å². The molecule has 0 radical (unpaired) electrons. The zero-order chi connectivity index (χ0) is 33.8. The molecule has 0 aromatic heterocycles. The van der Waals surface area contributed by atoms with Crippen LogP contribution in [0.5, 0.6) is 0 Å². The first-order chi connectivity index (χ1) is 22.5. The van der Waals surface area contributed by atoms with Crippen molar-refractivity contribution in [2.24, 2.45) is 0 Å². The predicted octanol–water partition coefficient (Wildman–Crippen LogP) is 13.0. The molecule has 4 heteroatoms. The maximum Gasteiger partial charge on any atom is 0.409 e. The average molecular weight is 643 g/mol. The topological polar surface area (TPSA) is 32.8 Å². The summed E-state index contributed by atoms with van der Waals surface area (Å²) in [6.45, 7) is 6.22. The van der Waals surface area contributed by atoms with Crippen LogP contribution in [0.15, 0.2) is 48.6 Å². The van der Waals surface area contributed by atoms with E-state index < -0.39 is 0 Å². The van der Waals surface area contributed by atoms with Crippen LogP contribution >= 0.6 is 0 Å². The number of carbonyl (C=O) groups is 1. The summed E-state index contributed by atoms with van der Waals surface area (Å²) in [5, 5.41) is 0. The van der Waals surface area contributed by atoms with E-state index in [1.165, 1.54) is 116 Å². The molecule has 1 atom stereocenters. The van der Waals surface area contributed by atoms with Gasteiger partial charge in [0.05, 0.1) is 0 Å². The van der Waals surface area contributed by atoms with Gasteiger partial charge in [-0.2, -0.15) is 0 Å². The van der Waals surface area contributed by atoms with E-state index in [9.17, 15) is 4.79 Å². The molecule has 4 nitrogen and oxygen atoms in total. The molecular formula is C42H78N2O2. The SMILES string of the molecule is CCC/C=C\C/C=C\CCCCCCCCC(CCCCCCCC/C=C\C/C=C\CCCCC)OC(=O)N(C)CCCN(C)C. The van der Waals surface area contributed by atoms with Crippen molar-refractivity contribution in [2.75, 3.05) is 34.2 Å². The summed E-state index contributed by atoms with van der Waals surface area (Å²) in [6.07, 6.45) is 48.9. The minimum Gasteiger partial charge on any atom is -0.446 e. The fourth-order valence-electron chi connectivity index (χ4n) is 5.59. The van der Waals surface area contributed by atoms with Crippen molar-refractivity contribution in [1.29, 1.82) is 0 Å². The van der Waals surface area contributed by atoms with E-state index in [4.69, 9.17) is 4.74 Å². The number of ether oxygens (including phenoxy) is 1. The Hall–Kier alpha value is -1.81. The van der Waals surface area contributed by atoms with Gasteiger partial charge in [0.15, 0.2) is 0 Å². The molecule has 0 N–H and O–H groups in total. The van der Waals surface area contributed by atoms with E-state index in [-0.39, 0.29) is 12.2 Å². The van der Waals surface area contributed by atoms with Crippen molar-refractivity contribution in [2.45, 2.75) is 180 Å². The maximum absolute atomic E-state index is 12.8. The third-order valence-corrected chi connectivity index (χ3v) is 8.61. The molecule has 0 aliphatic rings. The molecule has 46 heavy (non-hydrogen) atoms. The Balaban J connectivity index is 4.19. The number of hydrogen-bond donors (Lipinski definition) is 0. The molecule has 0 bridgehead atoms. The Morgan fingerprint density at radius 1 is 0.500 bits per heavy atom. The van der Waals surface area contributed by atoms with Crippen molar-refractivity contribution >= 4 is 6.09 Å². The van der Waals surface area contributed by atoms with E-state index in [2.05, 4.69) is 81.5 Å². The molecule has 0 aliphatic carbocycles. The largest absolute Gasteiger partial charge is 0.446 e. The molecule has 0 heterocycles. The van der Waals surface area contributed by atoms with Gasteiger partial charge in [0.2, 0.25) is 0 Å². The fraction of sp³-hybridized carbons (Fsp3) is 0.786. The second-order valence-corrected chi connectivity index (χ2v) is 13.6. The van der Waals surface area contributed by atoms with Crippen LogP contribution in [-0.4, -0.2) is 56.2 Å². The van der Waals surface area contributed by atoms with Gasteiger partial charge in [-0.3, -0.25) is 0 Å². The van der Waals surface area contributed by atoms with Crippen LogP contribution in [-0.2, 0) is 4.74 Å². The van der Waals surface area contributed by atoms with Gasteiger partial charge in [0, 0.05) is 13.6 Å². The van der Waals surface area contributed by atoms with Crippen LogP contribution in [0.3, 0.4) is 0 Å². The third-order valence-electron chi connectivity index (χ3n) is 8.61. The smallest absolute Gasteiger partial charge is 0.409 e. The van der Waals surface area contributed by atoms with Gasteiger partial charge in [-0.15, -0.1) is 0 Å². The number of unbranched alkanes of at least 4 members (excludes halogenated alkanes) is 16. The lowest BCUT2D eigenvalue weighted by molar-refractivity contribution is 0.0577. The lowest BCUT2D eigenvalue weighted by Crippen LogP contribution is -2.33. The lowest BCUT2D eigenvalue weighted by Gasteiger charge is -2.23. The van der Waals surface area contributed by atoms with Gasteiger partial charge >= 0.3 is 6.09 Å². The number of carbonyl (C=O) groups excluding carboxylic acids is 1. The average Bonchev–Trinajstić information content (AvgIpc) is 3.04. The van der Waals surface area contributed by atoms with E-state index >= 15 is 0 Å². The molecule has 0 aromatic rings. The van der Waals surface area contributed by atoms with Gasteiger partial charge in [-0.1, -0.05) is 133 Å². The molecule has 0 fully saturated rings. The molecule has 0 saturated heterocycles. The Morgan fingerprint density at radius 2 is 0.935 bits per heavy atom. The minimum absolute atomic E-state index is 0.0612. The summed E-state index contributed by atoms with van der Waals surface area (Å²) in [6, 6.07) is 0. The second-order valence-electron chi connectivity index (χ2n) is 13.6. The van der Waals surface area contributed by atoms with Crippen molar-refractivity contribution < 1.29 is 9.53 Å². The highest BCUT2D eigenvalue weighted by atomic mass is 16.6. The summed E-state index contributed by atoms with van der Waals surface area (Å²) in [5.41, 5.74) is 0. The van der Waals surface area contributed by atoms with E-state index in [0.717, 1.165) is 58.0 Å². The fourth-order valence-corrected chi connectivity index (χ4v) is 5.59. The Morgan fingerprint density at radius 3 is 1.39 bits per heavy atom. The predicted molar refractivity (Wildman–Crippen MR) is 205 cm³/mol. The van der Waals surface area contributed by atoms with Gasteiger partial charge in [-0.05, 0) is 111 Å². The quantitative estimate of drug-likeness (QED) is 0.0527. The van der Waals surface area contributed by atoms with Gasteiger partial charge < -0.3 is 14.5 Å². The molecule has 0 aromatic carbocycles.